The number of carbonyl (C=O) groups excluding carboxylic acids is 2. The molecule has 2 amide bonds. The SMILES string of the molecule is CC(C)(C)c1ccc2c(c1)OCC(C(=O)N1CCC3(CC1)NC(=O)c1ccccc1N3)O2. The number of hydrogen-bond donors (Lipinski definition) is 2. The molecule has 1 atom stereocenters. The Labute approximate surface area is 188 Å². The number of nitrogens with zero attached hydrogens (tertiary/aromatic N) is 1. The lowest BCUT2D eigenvalue weighted by Gasteiger charge is -2.46. The Morgan fingerprint density at radius 1 is 1.06 bits per heavy atom. The lowest BCUT2D eigenvalue weighted by atomic mass is 9.87. The summed E-state index contributed by atoms with van der Waals surface area (Å²) in [4.78, 5) is 27.5. The molecule has 5 rings (SSSR count). The number of piperidine rings is 1. The van der Waals surface area contributed by atoms with Crippen molar-refractivity contribution in [1.82, 2.24) is 10.2 Å². The maximum Gasteiger partial charge on any atom is 0.267 e. The summed E-state index contributed by atoms with van der Waals surface area (Å²) in [5.41, 5.74) is 2.14. The van der Waals surface area contributed by atoms with Crippen molar-refractivity contribution in [3.05, 3.63) is 53.6 Å². The summed E-state index contributed by atoms with van der Waals surface area (Å²) in [5.74, 6) is 1.14. The molecule has 2 N–H and O–H groups in total. The molecule has 7 nitrogen and oxygen atoms in total. The summed E-state index contributed by atoms with van der Waals surface area (Å²) in [6, 6.07) is 13.4. The van der Waals surface area contributed by atoms with Gasteiger partial charge in [-0.1, -0.05) is 39.0 Å². The Balaban J connectivity index is 1.24. The minimum Gasteiger partial charge on any atom is -0.485 e. The van der Waals surface area contributed by atoms with E-state index in [1.54, 1.807) is 0 Å². The lowest BCUT2D eigenvalue weighted by molar-refractivity contribution is -0.142. The first kappa shape index (κ1) is 20.7. The summed E-state index contributed by atoms with van der Waals surface area (Å²) in [6.07, 6.45) is 0.585. The number of amides is 2. The van der Waals surface area contributed by atoms with Crippen LogP contribution in [0.15, 0.2) is 42.5 Å². The predicted molar refractivity (Wildman–Crippen MR) is 121 cm³/mol. The van der Waals surface area contributed by atoms with Gasteiger partial charge >= 0.3 is 0 Å². The average Bonchev–Trinajstić information content (AvgIpc) is 2.78. The molecule has 32 heavy (non-hydrogen) atoms. The quantitative estimate of drug-likeness (QED) is 0.719. The molecular weight excluding hydrogens is 406 g/mol. The summed E-state index contributed by atoms with van der Waals surface area (Å²) in [5, 5.41) is 6.60. The van der Waals surface area contributed by atoms with Crippen molar-refractivity contribution in [1.29, 1.82) is 0 Å². The van der Waals surface area contributed by atoms with Crippen molar-refractivity contribution in [2.75, 3.05) is 25.0 Å². The second-order valence-electron chi connectivity index (χ2n) is 9.86. The van der Waals surface area contributed by atoms with Crippen molar-refractivity contribution in [3.63, 3.8) is 0 Å². The van der Waals surface area contributed by atoms with Crippen LogP contribution in [0.4, 0.5) is 5.69 Å². The number of rotatable bonds is 1. The fourth-order valence-electron chi connectivity index (χ4n) is 4.59. The van der Waals surface area contributed by atoms with Gasteiger partial charge in [0.2, 0.25) is 6.10 Å². The molecule has 1 unspecified atom stereocenters. The van der Waals surface area contributed by atoms with Crippen molar-refractivity contribution < 1.29 is 19.1 Å². The summed E-state index contributed by atoms with van der Waals surface area (Å²) in [6.45, 7) is 7.71. The fraction of sp³-hybridized carbons (Fsp3) is 0.440. The average molecular weight is 436 g/mol. The summed E-state index contributed by atoms with van der Waals surface area (Å²) >= 11 is 0. The molecule has 168 valence electrons. The van der Waals surface area contributed by atoms with E-state index in [0.29, 0.717) is 43.0 Å². The monoisotopic (exact) mass is 435 g/mol. The molecule has 0 bridgehead atoms. The van der Waals surface area contributed by atoms with Crippen LogP contribution in [-0.4, -0.2) is 48.2 Å². The van der Waals surface area contributed by atoms with Gasteiger partial charge in [-0.2, -0.15) is 0 Å². The van der Waals surface area contributed by atoms with E-state index in [1.807, 2.05) is 47.4 Å². The summed E-state index contributed by atoms with van der Waals surface area (Å²) in [7, 11) is 0. The highest BCUT2D eigenvalue weighted by atomic mass is 16.6. The topological polar surface area (TPSA) is 79.9 Å². The number of benzene rings is 2. The van der Waals surface area contributed by atoms with Crippen molar-refractivity contribution >= 4 is 17.5 Å². The molecule has 2 aromatic rings. The first-order valence-corrected chi connectivity index (χ1v) is 11.2. The fourth-order valence-corrected chi connectivity index (χ4v) is 4.59. The van der Waals surface area contributed by atoms with Gasteiger partial charge in [-0.3, -0.25) is 9.59 Å². The zero-order valence-electron chi connectivity index (χ0n) is 18.7. The molecular formula is C25H29N3O4. The van der Waals surface area contributed by atoms with Crippen LogP contribution in [0, 0.1) is 0 Å². The molecule has 1 fully saturated rings. The highest BCUT2D eigenvalue weighted by molar-refractivity contribution is 6.02. The second-order valence-corrected chi connectivity index (χ2v) is 9.86. The Morgan fingerprint density at radius 2 is 1.81 bits per heavy atom. The highest BCUT2D eigenvalue weighted by Crippen LogP contribution is 2.37. The van der Waals surface area contributed by atoms with Gasteiger partial charge in [-0.25, -0.2) is 0 Å². The van der Waals surface area contributed by atoms with Crippen LogP contribution < -0.4 is 20.1 Å². The van der Waals surface area contributed by atoms with E-state index in [-0.39, 0.29) is 23.8 Å². The number of anilines is 1. The normalized spacial score (nSPS) is 21.4. The minimum absolute atomic E-state index is 0.0118. The Morgan fingerprint density at radius 3 is 2.56 bits per heavy atom. The van der Waals surface area contributed by atoms with E-state index < -0.39 is 11.8 Å². The van der Waals surface area contributed by atoms with Crippen LogP contribution in [0.25, 0.3) is 0 Å². The minimum atomic E-state index is -0.660. The van der Waals surface area contributed by atoms with E-state index in [2.05, 4.69) is 31.4 Å². The van der Waals surface area contributed by atoms with Gasteiger partial charge in [0.1, 0.15) is 12.3 Å². The zero-order valence-corrected chi connectivity index (χ0v) is 18.7. The highest BCUT2D eigenvalue weighted by Gasteiger charge is 2.42. The van der Waals surface area contributed by atoms with E-state index in [0.717, 1.165) is 11.3 Å². The number of para-hydroxylation sites is 1. The van der Waals surface area contributed by atoms with Crippen LogP contribution >= 0.6 is 0 Å². The van der Waals surface area contributed by atoms with Crippen molar-refractivity contribution in [2.45, 2.75) is 50.8 Å². The third-order valence-corrected chi connectivity index (χ3v) is 6.57. The van der Waals surface area contributed by atoms with Crippen molar-refractivity contribution in [3.8, 4) is 11.5 Å². The molecule has 0 aromatic heterocycles. The Kier molecular flexibility index (Phi) is 4.80. The van der Waals surface area contributed by atoms with Gasteiger partial charge in [0, 0.05) is 31.6 Å². The third kappa shape index (κ3) is 3.66. The van der Waals surface area contributed by atoms with E-state index in [1.165, 1.54) is 0 Å². The molecule has 1 spiro atoms. The lowest BCUT2D eigenvalue weighted by Crippen LogP contribution is -2.63. The summed E-state index contributed by atoms with van der Waals surface area (Å²) < 4.78 is 11.9. The number of hydrogen-bond acceptors (Lipinski definition) is 5. The van der Waals surface area contributed by atoms with Gasteiger partial charge in [0.05, 0.1) is 5.56 Å². The first-order chi connectivity index (χ1) is 15.2. The van der Waals surface area contributed by atoms with Gasteiger partial charge in [-0.05, 0) is 35.2 Å². The standard InChI is InChI=1S/C25H29N3O4/c1-24(2,3)16-8-9-19-20(14-16)31-15-21(32-19)23(30)28-12-10-25(11-13-28)26-18-7-5-4-6-17(18)22(29)27-25/h4-9,14,21,26H,10-13,15H2,1-3H3,(H,27,29). The van der Waals surface area contributed by atoms with E-state index >= 15 is 0 Å². The number of ether oxygens (including phenoxy) is 2. The predicted octanol–water partition coefficient (Wildman–Crippen LogP) is 3.30. The number of likely N-dealkylation sites (tertiary alicyclic amines) is 1. The zero-order chi connectivity index (χ0) is 22.5. The first-order valence-electron chi connectivity index (χ1n) is 11.2. The van der Waals surface area contributed by atoms with Crippen molar-refractivity contribution in [2.24, 2.45) is 0 Å². The Hall–Kier alpha value is -3.22. The number of fused-ring (bicyclic) bond motifs is 2. The molecule has 3 heterocycles. The number of nitrogens with one attached hydrogen (secondary N) is 2. The largest absolute Gasteiger partial charge is 0.485 e. The van der Waals surface area contributed by atoms with E-state index in [9.17, 15) is 9.59 Å². The molecule has 2 aromatic carbocycles. The molecule has 3 aliphatic rings. The Bertz CT molecular complexity index is 1070. The van der Waals surface area contributed by atoms with E-state index in [4.69, 9.17) is 9.47 Å². The molecule has 0 aliphatic carbocycles. The van der Waals surface area contributed by atoms with Crippen LogP contribution in [0.5, 0.6) is 11.5 Å². The van der Waals surface area contributed by atoms with Crippen LogP contribution in [0.1, 0.15) is 49.5 Å². The maximum absolute atomic E-state index is 13.1. The number of carbonyl (C=O) groups is 2. The van der Waals surface area contributed by atoms with Gasteiger partial charge in [0.25, 0.3) is 11.8 Å². The van der Waals surface area contributed by atoms with Gasteiger partial charge in [-0.15, -0.1) is 0 Å². The molecule has 3 aliphatic heterocycles. The maximum atomic E-state index is 13.1. The van der Waals surface area contributed by atoms with Gasteiger partial charge < -0.3 is 25.0 Å². The molecule has 1 saturated heterocycles. The smallest absolute Gasteiger partial charge is 0.267 e. The van der Waals surface area contributed by atoms with Crippen LogP contribution in [0.2, 0.25) is 0 Å². The van der Waals surface area contributed by atoms with Crippen LogP contribution in [-0.2, 0) is 10.2 Å². The molecule has 0 radical (unpaired) electrons. The van der Waals surface area contributed by atoms with Gasteiger partial charge in [0.15, 0.2) is 11.5 Å². The second kappa shape index (κ2) is 7.43. The molecule has 0 saturated carbocycles. The third-order valence-electron chi connectivity index (χ3n) is 6.57. The van der Waals surface area contributed by atoms with Crippen LogP contribution in [0.3, 0.4) is 0 Å². The molecule has 7 heteroatoms.